The van der Waals surface area contributed by atoms with Gasteiger partial charge in [0, 0.05) is 55.2 Å². The maximum atomic E-state index is 13.2. The van der Waals surface area contributed by atoms with E-state index in [1.54, 1.807) is 0 Å². The Labute approximate surface area is 203 Å². The summed E-state index contributed by atoms with van der Waals surface area (Å²) in [7, 11) is 0. The van der Waals surface area contributed by atoms with Gasteiger partial charge in [0.25, 0.3) is 5.91 Å². The lowest BCUT2D eigenvalue weighted by molar-refractivity contribution is 0.0775. The molecular formula is C26H28N8O. The molecule has 2 N–H and O–H groups in total. The van der Waals surface area contributed by atoms with Crippen molar-refractivity contribution in [1.29, 1.82) is 0 Å². The van der Waals surface area contributed by atoms with Crippen LogP contribution >= 0.6 is 0 Å². The fourth-order valence-electron chi connectivity index (χ4n) is 5.40. The summed E-state index contributed by atoms with van der Waals surface area (Å²) in [5, 5.41) is 14.0. The molecule has 9 nitrogen and oxygen atoms in total. The standard InChI is InChI=1S/C26H28N8O/c1-15-6-16(2)8-20(7-15)28-26-27-10-19-12-33(13-23(19)29-26)24-14-34(11-17(24)3)25(35)18-4-5-21-22(9-18)31-32-30-21/h4-10,17,24H,11-14H2,1-3H3,(H,27,28,29)(H,30,31,32). The normalized spacial score (nSPS) is 19.9. The molecule has 178 valence electrons. The highest BCUT2D eigenvalue weighted by Gasteiger charge is 2.39. The number of anilines is 2. The molecule has 2 aliphatic rings. The van der Waals surface area contributed by atoms with Gasteiger partial charge in [0.2, 0.25) is 5.95 Å². The average Bonchev–Trinajstić information content (AvgIpc) is 3.54. The van der Waals surface area contributed by atoms with Gasteiger partial charge in [-0.25, -0.2) is 9.97 Å². The number of amides is 1. The van der Waals surface area contributed by atoms with Crippen LogP contribution in [0.4, 0.5) is 11.6 Å². The summed E-state index contributed by atoms with van der Waals surface area (Å²) >= 11 is 0. The summed E-state index contributed by atoms with van der Waals surface area (Å²) in [6.45, 7) is 9.41. The zero-order valence-electron chi connectivity index (χ0n) is 20.1. The van der Waals surface area contributed by atoms with Crippen LogP contribution in [0.1, 0.15) is 39.7 Å². The summed E-state index contributed by atoms with van der Waals surface area (Å²) in [6, 6.07) is 12.1. The van der Waals surface area contributed by atoms with Gasteiger partial charge >= 0.3 is 0 Å². The van der Waals surface area contributed by atoms with Crippen LogP contribution in [0.25, 0.3) is 11.0 Å². The number of aromatic nitrogens is 5. The van der Waals surface area contributed by atoms with Crippen LogP contribution in [0.2, 0.25) is 0 Å². The molecule has 1 fully saturated rings. The molecule has 0 saturated carbocycles. The van der Waals surface area contributed by atoms with Crippen LogP contribution in [0, 0.1) is 19.8 Å². The van der Waals surface area contributed by atoms with Crippen LogP contribution in [0.3, 0.4) is 0 Å². The van der Waals surface area contributed by atoms with Gasteiger partial charge in [0.1, 0.15) is 5.52 Å². The van der Waals surface area contributed by atoms with E-state index < -0.39 is 0 Å². The van der Waals surface area contributed by atoms with Gasteiger partial charge in [-0.1, -0.05) is 18.2 Å². The predicted molar refractivity (Wildman–Crippen MR) is 133 cm³/mol. The van der Waals surface area contributed by atoms with Crippen molar-refractivity contribution in [3.8, 4) is 0 Å². The van der Waals surface area contributed by atoms with Gasteiger partial charge in [-0.15, -0.1) is 5.10 Å². The fourth-order valence-corrected chi connectivity index (χ4v) is 5.40. The van der Waals surface area contributed by atoms with E-state index in [1.165, 1.54) is 11.1 Å². The zero-order valence-corrected chi connectivity index (χ0v) is 20.1. The molecule has 1 saturated heterocycles. The van der Waals surface area contributed by atoms with E-state index in [2.05, 4.69) is 69.6 Å². The number of benzene rings is 2. The van der Waals surface area contributed by atoms with Crippen LogP contribution in [-0.2, 0) is 13.1 Å². The third-order valence-electron chi connectivity index (χ3n) is 7.06. The lowest BCUT2D eigenvalue weighted by Crippen LogP contribution is -2.37. The first-order valence-electron chi connectivity index (χ1n) is 12.0. The smallest absolute Gasteiger partial charge is 0.253 e. The number of carbonyl (C=O) groups is 1. The topological polar surface area (TPSA) is 103 Å². The van der Waals surface area contributed by atoms with Gasteiger partial charge in [-0.3, -0.25) is 14.8 Å². The van der Waals surface area contributed by atoms with E-state index in [9.17, 15) is 4.79 Å². The Hall–Kier alpha value is -3.85. The van der Waals surface area contributed by atoms with Crippen molar-refractivity contribution in [3.63, 3.8) is 0 Å². The number of aryl methyl sites for hydroxylation is 2. The molecule has 35 heavy (non-hydrogen) atoms. The molecular weight excluding hydrogens is 440 g/mol. The molecule has 4 aromatic rings. The maximum Gasteiger partial charge on any atom is 0.253 e. The van der Waals surface area contributed by atoms with Gasteiger partial charge in [0.15, 0.2) is 0 Å². The number of aromatic amines is 1. The Balaban J connectivity index is 1.14. The highest BCUT2D eigenvalue weighted by atomic mass is 16.2. The molecule has 2 atom stereocenters. The van der Waals surface area contributed by atoms with Gasteiger partial charge < -0.3 is 10.2 Å². The minimum atomic E-state index is 0.0484. The highest BCUT2D eigenvalue weighted by Crippen LogP contribution is 2.31. The van der Waals surface area contributed by atoms with Crippen molar-refractivity contribution in [1.82, 2.24) is 35.2 Å². The predicted octanol–water partition coefficient (Wildman–Crippen LogP) is 3.58. The first-order valence-corrected chi connectivity index (χ1v) is 12.0. The van der Waals surface area contributed by atoms with Crippen molar-refractivity contribution in [2.45, 2.75) is 39.9 Å². The van der Waals surface area contributed by atoms with Crippen molar-refractivity contribution >= 4 is 28.6 Å². The number of rotatable bonds is 4. The third-order valence-corrected chi connectivity index (χ3v) is 7.06. The Morgan fingerprint density at radius 3 is 2.74 bits per heavy atom. The maximum absolute atomic E-state index is 13.2. The Kier molecular flexibility index (Phi) is 5.21. The second-order valence-electron chi connectivity index (χ2n) is 9.87. The van der Waals surface area contributed by atoms with Gasteiger partial charge in [-0.05, 0) is 61.2 Å². The van der Waals surface area contributed by atoms with Crippen molar-refractivity contribution in [2.75, 3.05) is 18.4 Å². The number of hydrogen-bond donors (Lipinski definition) is 2. The van der Waals surface area contributed by atoms with Crippen molar-refractivity contribution in [3.05, 3.63) is 70.5 Å². The number of nitrogens with one attached hydrogen (secondary N) is 2. The summed E-state index contributed by atoms with van der Waals surface area (Å²) in [4.78, 5) is 27.0. The largest absolute Gasteiger partial charge is 0.337 e. The van der Waals surface area contributed by atoms with E-state index in [4.69, 9.17) is 4.98 Å². The van der Waals surface area contributed by atoms with Crippen molar-refractivity contribution < 1.29 is 4.79 Å². The highest BCUT2D eigenvalue weighted by molar-refractivity contribution is 5.97. The van der Waals surface area contributed by atoms with E-state index in [1.807, 2.05) is 29.3 Å². The molecule has 2 aromatic carbocycles. The van der Waals surface area contributed by atoms with Gasteiger partial charge in [0.05, 0.1) is 11.2 Å². The van der Waals surface area contributed by atoms with Gasteiger partial charge in [-0.2, -0.15) is 0 Å². The molecule has 0 radical (unpaired) electrons. The van der Waals surface area contributed by atoms with E-state index in [0.717, 1.165) is 47.6 Å². The minimum absolute atomic E-state index is 0.0484. The molecule has 9 heteroatoms. The SMILES string of the molecule is Cc1cc(C)cc(Nc2ncc3c(n2)CN(C2CN(C(=O)c4ccc5nn[nH]c5c4)CC2C)C3)c1. The lowest BCUT2D eigenvalue weighted by atomic mass is 10.1. The number of carbonyl (C=O) groups excluding carboxylic acids is 1. The molecule has 1 amide bonds. The monoisotopic (exact) mass is 468 g/mol. The number of hydrogen-bond acceptors (Lipinski definition) is 7. The third kappa shape index (κ3) is 4.12. The average molecular weight is 469 g/mol. The second-order valence-corrected chi connectivity index (χ2v) is 9.87. The number of fused-ring (bicyclic) bond motifs is 2. The zero-order chi connectivity index (χ0) is 24.1. The molecule has 2 unspecified atom stereocenters. The molecule has 2 aromatic heterocycles. The first-order chi connectivity index (χ1) is 16.9. The first kappa shape index (κ1) is 21.7. The Morgan fingerprint density at radius 1 is 1.09 bits per heavy atom. The van der Waals surface area contributed by atoms with Crippen molar-refractivity contribution in [2.24, 2.45) is 5.92 Å². The number of likely N-dealkylation sites (tertiary alicyclic amines) is 1. The number of H-pyrrole nitrogens is 1. The quantitative estimate of drug-likeness (QED) is 0.472. The van der Waals surface area contributed by atoms with Crippen LogP contribution in [-0.4, -0.2) is 60.2 Å². The summed E-state index contributed by atoms with van der Waals surface area (Å²) in [6.07, 6.45) is 1.93. The van der Waals surface area contributed by atoms with Crippen LogP contribution in [0.5, 0.6) is 0 Å². The second kappa shape index (κ2) is 8.42. The molecule has 4 heterocycles. The summed E-state index contributed by atoms with van der Waals surface area (Å²) in [5.74, 6) is 1.04. The minimum Gasteiger partial charge on any atom is -0.337 e. The van der Waals surface area contributed by atoms with Crippen LogP contribution < -0.4 is 5.32 Å². The number of nitrogens with zero attached hydrogens (tertiary/aromatic N) is 6. The molecule has 0 aliphatic carbocycles. The fraction of sp³-hybridized carbons (Fsp3) is 0.346. The van der Waals surface area contributed by atoms with E-state index >= 15 is 0 Å². The Morgan fingerprint density at radius 2 is 1.91 bits per heavy atom. The van der Waals surface area contributed by atoms with Crippen LogP contribution in [0.15, 0.2) is 42.6 Å². The lowest BCUT2D eigenvalue weighted by Gasteiger charge is -2.26. The van der Waals surface area contributed by atoms with E-state index in [-0.39, 0.29) is 11.9 Å². The summed E-state index contributed by atoms with van der Waals surface area (Å²) in [5.41, 5.74) is 7.82. The molecule has 0 bridgehead atoms. The molecule has 6 rings (SSSR count). The molecule has 2 aliphatic heterocycles. The summed E-state index contributed by atoms with van der Waals surface area (Å²) < 4.78 is 0. The Bertz CT molecular complexity index is 1410. The molecule has 0 spiro atoms. The van der Waals surface area contributed by atoms with E-state index in [0.29, 0.717) is 24.0 Å².